The Balaban J connectivity index is 1.56. The largest absolute Gasteiger partial charge is 0.497 e. The van der Waals surface area contributed by atoms with Gasteiger partial charge in [0.05, 0.1) is 19.0 Å². The third-order valence-corrected chi connectivity index (χ3v) is 8.09. The van der Waals surface area contributed by atoms with E-state index in [-0.39, 0.29) is 23.9 Å². The molecule has 0 saturated carbocycles. The van der Waals surface area contributed by atoms with Crippen molar-refractivity contribution in [3.05, 3.63) is 71.7 Å². The van der Waals surface area contributed by atoms with Crippen LogP contribution in [-0.4, -0.2) is 70.4 Å². The Morgan fingerprint density at radius 1 is 1.18 bits per heavy atom. The van der Waals surface area contributed by atoms with Gasteiger partial charge in [0, 0.05) is 44.3 Å². The summed E-state index contributed by atoms with van der Waals surface area (Å²) in [6.45, 7) is 3.15. The minimum Gasteiger partial charge on any atom is -0.497 e. The smallest absolute Gasteiger partial charge is 0.319 e. The normalized spacial score (nSPS) is 17.2. The number of benzene rings is 2. The maximum absolute atomic E-state index is 14.9. The second-order valence-corrected chi connectivity index (χ2v) is 11.0. The number of nitrogens with one attached hydrogen (secondary N) is 1. The molecular formula is C30H34BrFN6O2. The highest BCUT2D eigenvalue weighted by Gasteiger charge is 2.31. The molecule has 0 spiro atoms. The predicted molar refractivity (Wildman–Crippen MR) is 160 cm³/mol. The first-order valence-corrected chi connectivity index (χ1v) is 14.5. The monoisotopic (exact) mass is 608 g/mol. The topological polar surface area (TPSA) is 75.5 Å². The van der Waals surface area contributed by atoms with Crippen LogP contribution in [-0.2, 0) is 11.9 Å². The number of pyridine rings is 1. The number of methoxy groups -OCH3 is 1. The summed E-state index contributed by atoms with van der Waals surface area (Å²) in [6.07, 6.45) is 3.52. The number of hydrogen-bond acceptors (Lipinski definition) is 5. The molecule has 10 heteroatoms. The molecular weight excluding hydrogens is 575 g/mol. The predicted octanol–water partition coefficient (Wildman–Crippen LogP) is 6.14. The lowest BCUT2D eigenvalue weighted by atomic mass is 9.99. The Labute approximate surface area is 242 Å². The number of likely N-dealkylation sites (tertiary alicyclic amines) is 1. The van der Waals surface area contributed by atoms with E-state index in [2.05, 4.69) is 28.2 Å². The van der Waals surface area contributed by atoms with Gasteiger partial charge >= 0.3 is 6.03 Å². The number of ether oxygens (including phenoxy) is 1. The van der Waals surface area contributed by atoms with Gasteiger partial charge in [0.25, 0.3) is 0 Å². The van der Waals surface area contributed by atoms with E-state index in [4.69, 9.17) is 14.8 Å². The number of aromatic nitrogens is 3. The minimum absolute atomic E-state index is 0.00129. The van der Waals surface area contributed by atoms with Crippen molar-refractivity contribution < 1.29 is 13.9 Å². The molecule has 40 heavy (non-hydrogen) atoms. The number of nitrogens with zero attached hydrogens (tertiary/aromatic N) is 5. The van der Waals surface area contributed by atoms with E-state index in [0.717, 1.165) is 40.7 Å². The molecule has 2 aromatic heterocycles. The Bertz CT molecular complexity index is 1510. The Kier molecular flexibility index (Phi) is 8.25. The highest BCUT2D eigenvalue weighted by Crippen LogP contribution is 2.35. The van der Waals surface area contributed by atoms with Crippen LogP contribution in [0.4, 0.5) is 15.0 Å². The van der Waals surface area contributed by atoms with Crippen LogP contribution in [0.25, 0.3) is 22.2 Å². The number of carbonyl (C=O) groups is 1. The van der Waals surface area contributed by atoms with Gasteiger partial charge < -0.3 is 19.9 Å². The number of amides is 2. The summed E-state index contributed by atoms with van der Waals surface area (Å²) in [4.78, 5) is 21.1. The van der Waals surface area contributed by atoms with Gasteiger partial charge in [0.2, 0.25) is 0 Å². The Morgan fingerprint density at radius 3 is 2.62 bits per heavy atom. The van der Waals surface area contributed by atoms with Gasteiger partial charge in [-0.2, -0.15) is 5.10 Å². The van der Waals surface area contributed by atoms with Crippen molar-refractivity contribution in [1.82, 2.24) is 24.6 Å². The fourth-order valence-corrected chi connectivity index (χ4v) is 5.67. The zero-order chi connectivity index (χ0) is 28.4. The zero-order valence-corrected chi connectivity index (χ0v) is 24.8. The molecule has 1 saturated heterocycles. The molecule has 1 aliphatic rings. The molecule has 3 heterocycles. The number of urea groups is 1. The van der Waals surface area contributed by atoms with Gasteiger partial charge in [-0.1, -0.05) is 40.2 Å². The minimum atomic E-state index is -0.265. The Hall–Kier alpha value is -3.66. The number of alkyl halides is 1. The molecule has 0 aliphatic carbocycles. The molecule has 1 aliphatic heterocycles. The first-order valence-electron chi connectivity index (χ1n) is 13.4. The molecule has 2 amide bonds. The van der Waals surface area contributed by atoms with Crippen molar-refractivity contribution in [3.8, 4) is 16.9 Å². The molecule has 0 unspecified atom stereocenters. The van der Waals surface area contributed by atoms with Crippen molar-refractivity contribution >= 4 is 38.8 Å². The zero-order valence-electron chi connectivity index (χ0n) is 23.2. The molecule has 2 atom stereocenters. The van der Waals surface area contributed by atoms with Crippen LogP contribution in [0.5, 0.6) is 5.75 Å². The average Bonchev–Trinajstić information content (AvgIpc) is 3.30. The van der Waals surface area contributed by atoms with E-state index < -0.39 is 0 Å². The third kappa shape index (κ3) is 5.63. The fraction of sp³-hybridized carbons (Fsp3) is 0.367. The maximum atomic E-state index is 14.9. The number of anilines is 1. The van der Waals surface area contributed by atoms with Crippen LogP contribution in [0, 0.1) is 5.82 Å². The summed E-state index contributed by atoms with van der Waals surface area (Å²) in [5.74, 6) is 1.20. The molecule has 1 fully saturated rings. The van der Waals surface area contributed by atoms with Crippen LogP contribution in [0.1, 0.15) is 30.9 Å². The number of hydrogen-bond donors (Lipinski definition) is 1. The van der Waals surface area contributed by atoms with Gasteiger partial charge in [0.1, 0.15) is 11.6 Å². The molecule has 5 rings (SSSR count). The van der Waals surface area contributed by atoms with Crippen molar-refractivity contribution in [2.45, 2.75) is 43.7 Å². The highest BCUT2D eigenvalue weighted by atomic mass is 79.9. The first-order chi connectivity index (χ1) is 19.3. The van der Waals surface area contributed by atoms with Gasteiger partial charge in [-0.25, -0.2) is 18.9 Å². The SMILES string of the molecule is COc1ccc(Cn2nc(N[C@@H]3CC[C@H](C)N(C(=O)N(C)C)C3)c3c(-c4ccc(CBr)c(F)c4)ccnc32)cc1. The van der Waals surface area contributed by atoms with Crippen LogP contribution < -0.4 is 10.1 Å². The van der Waals surface area contributed by atoms with E-state index in [1.165, 1.54) is 0 Å². The standard InChI is InChI=1S/C30H34BrFN6O2/c1-19-5-10-23(18-37(19)30(39)36(2)3)34-28-27-25(21-8-9-22(16-31)26(32)15-21)13-14-33-29(27)38(35-28)17-20-6-11-24(40-4)12-7-20/h6-9,11-15,19,23H,5,10,16-18H2,1-4H3,(H,34,35)/t19-,23+/m0/s1. The number of carbonyl (C=O) groups excluding carboxylic acids is 1. The second kappa shape index (κ2) is 11.8. The summed E-state index contributed by atoms with van der Waals surface area (Å²) in [7, 11) is 5.20. The average molecular weight is 610 g/mol. The van der Waals surface area contributed by atoms with Crippen molar-refractivity contribution in [1.29, 1.82) is 0 Å². The van der Waals surface area contributed by atoms with E-state index in [9.17, 15) is 9.18 Å². The quantitative estimate of drug-likeness (QED) is 0.255. The van der Waals surface area contributed by atoms with E-state index in [1.54, 1.807) is 44.4 Å². The van der Waals surface area contributed by atoms with Crippen molar-refractivity contribution in [2.24, 2.45) is 0 Å². The van der Waals surface area contributed by atoms with Crippen LogP contribution >= 0.6 is 15.9 Å². The van der Waals surface area contributed by atoms with E-state index >= 15 is 0 Å². The molecule has 8 nitrogen and oxygen atoms in total. The summed E-state index contributed by atoms with van der Waals surface area (Å²) in [5, 5.41) is 9.89. The van der Waals surface area contributed by atoms with Gasteiger partial charge in [0.15, 0.2) is 11.5 Å². The van der Waals surface area contributed by atoms with E-state index in [1.807, 2.05) is 46.0 Å². The molecule has 0 bridgehead atoms. The lowest BCUT2D eigenvalue weighted by Crippen LogP contribution is -2.52. The summed E-state index contributed by atoms with van der Waals surface area (Å²) in [5.41, 5.74) is 3.95. The lowest BCUT2D eigenvalue weighted by Gasteiger charge is -2.39. The van der Waals surface area contributed by atoms with Crippen molar-refractivity contribution in [2.75, 3.05) is 33.1 Å². The number of piperidine rings is 1. The summed E-state index contributed by atoms with van der Waals surface area (Å²) < 4.78 is 22.0. The van der Waals surface area contributed by atoms with Gasteiger partial charge in [-0.05, 0) is 66.3 Å². The van der Waals surface area contributed by atoms with Crippen molar-refractivity contribution in [3.63, 3.8) is 0 Å². The summed E-state index contributed by atoms with van der Waals surface area (Å²) >= 11 is 3.36. The van der Waals surface area contributed by atoms with Gasteiger partial charge in [-0.15, -0.1) is 0 Å². The van der Waals surface area contributed by atoms with Gasteiger partial charge in [-0.3, -0.25) is 0 Å². The maximum Gasteiger partial charge on any atom is 0.319 e. The second-order valence-electron chi connectivity index (χ2n) is 10.4. The first kappa shape index (κ1) is 27.9. The fourth-order valence-electron chi connectivity index (χ4n) is 5.22. The molecule has 0 radical (unpaired) electrons. The summed E-state index contributed by atoms with van der Waals surface area (Å²) in [6, 6.07) is 15.2. The van der Waals surface area contributed by atoms with E-state index in [0.29, 0.717) is 35.4 Å². The highest BCUT2D eigenvalue weighted by molar-refractivity contribution is 9.08. The van der Waals surface area contributed by atoms with Crippen LogP contribution in [0.2, 0.25) is 0 Å². The van der Waals surface area contributed by atoms with Crippen LogP contribution in [0.3, 0.4) is 0 Å². The Morgan fingerprint density at radius 2 is 1.95 bits per heavy atom. The number of fused-ring (bicyclic) bond motifs is 1. The number of halogens is 2. The molecule has 1 N–H and O–H groups in total. The number of rotatable bonds is 7. The third-order valence-electron chi connectivity index (χ3n) is 7.48. The van der Waals surface area contributed by atoms with Crippen LogP contribution in [0.15, 0.2) is 54.7 Å². The molecule has 2 aromatic carbocycles. The lowest BCUT2D eigenvalue weighted by molar-refractivity contribution is 0.130. The molecule has 4 aromatic rings. The molecule has 210 valence electrons.